The van der Waals surface area contributed by atoms with Gasteiger partial charge in [0.25, 0.3) is 0 Å². The molecule has 0 saturated carbocycles. The molecular weight excluding hydrogens is 426 g/mol. The van der Waals surface area contributed by atoms with Crippen LogP contribution < -0.4 is 5.73 Å². The fourth-order valence-corrected chi connectivity index (χ4v) is 5.11. The van der Waals surface area contributed by atoms with Crippen molar-refractivity contribution in [3.63, 3.8) is 0 Å². The van der Waals surface area contributed by atoms with Crippen molar-refractivity contribution >= 4 is 5.95 Å². The highest BCUT2D eigenvalue weighted by Crippen LogP contribution is 2.32. The lowest BCUT2D eigenvalue weighted by Crippen LogP contribution is -2.32. The molecule has 1 aliphatic rings. The van der Waals surface area contributed by atoms with E-state index in [9.17, 15) is 0 Å². The first kappa shape index (κ1) is 24.4. The molecule has 34 heavy (non-hydrogen) atoms. The summed E-state index contributed by atoms with van der Waals surface area (Å²) in [5, 5.41) is 17.7. The lowest BCUT2D eigenvalue weighted by molar-refractivity contribution is 0.224. The average molecular weight is 468 g/mol. The van der Waals surface area contributed by atoms with Crippen LogP contribution in [-0.4, -0.2) is 40.0 Å². The molecule has 0 amide bonds. The van der Waals surface area contributed by atoms with Crippen molar-refractivity contribution in [1.29, 1.82) is 0 Å². The van der Waals surface area contributed by atoms with Crippen LogP contribution in [0.5, 0.6) is 0 Å². The molecule has 3 N–H and O–H groups in total. The van der Waals surface area contributed by atoms with Crippen LogP contribution in [0.1, 0.15) is 88.0 Å². The van der Waals surface area contributed by atoms with Crippen LogP contribution in [-0.2, 0) is 38.8 Å². The topological polar surface area (TPSA) is 116 Å². The van der Waals surface area contributed by atoms with Gasteiger partial charge in [-0.1, -0.05) is 62.8 Å². The summed E-state index contributed by atoms with van der Waals surface area (Å²) in [7, 11) is 0. The van der Waals surface area contributed by atoms with Crippen molar-refractivity contribution in [3.8, 4) is 0 Å². The molecule has 0 fully saturated rings. The summed E-state index contributed by atoms with van der Waals surface area (Å²) in [6, 6.07) is 0. The van der Waals surface area contributed by atoms with E-state index in [0.29, 0.717) is 17.8 Å². The number of aryl methyl sites for hydroxylation is 2. The highest BCUT2D eigenvalue weighted by atomic mass is 15.4. The molecule has 0 aliphatic heterocycles. The third-order valence-corrected chi connectivity index (χ3v) is 7.06. The molecule has 0 aromatic carbocycles. The first-order valence-corrected chi connectivity index (χ1v) is 13.3. The lowest BCUT2D eigenvalue weighted by Gasteiger charge is -2.30. The van der Waals surface area contributed by atoms with E-state index in [2.05, 4.69) is 56.8 Å². The molecule has 0 unspecified atom stereocenters. The molecule has 3 aromatic rings. The Labute approximate surface area is 202 Å². The Balaban J connectivity index is 1.39. The number of hydrogen-bond donors (Lipinski definition) is 2. The molecule has 0 spiro atoms. The average Bonchev–Trinajstić information content (AvgIpc) is 3.54. The molecule has 9 nitrogen and oxygen atoms in total. The number of hydrogen-bond acceptors (Lipinski definition) is 6. The van der Waals surface area contributed by atoms with Crippen molar-refractivity contribution in [2.75, 3.05) is 5.73 Å². The van der Waals surface area contributed by atoms with Crippen molar-refractivity contribution in [2.45, 2.75) is 104 Å². The van der Waals surface area contributed by atoms with Crippen LogP contribution in [0.15, 0.2) is 12.4 Å². The third-order valence-electron chi connectivity index (χ3n) is 7.06. The van der Waals surface area contributed by atoms with E-state index in [1.165, 1.54) is 51.4 Å². The number of unbranched alkanes of at least 4 members (excludes halogenated alkanes) is 6. The highest BCUT2D eigenvalue weighted by molar-refractivity contribution is 5.28. The predicted octanol–water partition coefficient (Wildman–Crippen LogP) is 4.15. The van der Waals surface area contributed by atoms with Gasteiger partial charge >= 0.3 is 0 Å². The molecule has 0 saturated heterocycles. The summed E-state index contributed by atoms with van der Waals surface area (Å²) < 4.78 is 4.05. The summed E-state index contributed by atoms with van der Waals surface area (Å²) >= 11 is 0. The van der Waals surface area contributed by atoms with Crippen molar-refractivity contribution in [1.82, 2.24) is 40.0 Å². The zero-order valence-electron chi connectivity index (χ0n) is 20.9. The van der Waals surface area contributed by atoms with Crippen molar-refractivity contribution in [3.05, 3.63) is 35.2 Å². The number of rotatable bonds is 14. The number of nitrogens with two attached hydrogens (primary N) is 1. The van der Waals surface area contributed by atoms with E-state index in [1.807, 2.05) is 9.36 Å². The largest absolute Gasteiger partial charge is 0.369 e. The maximum atomic E-state index is 5.98. The summed E-state index contributed by atoms with van der Waals surface area (Å²) in [5.74, 6) is 1.30. The Morgan fingerprint density at radius 1 is 0.824 bits per heavy atom. The molecule has 3 aromatic heterocycles. The smallest absolute Gasteiger partial charge is 0.197 e. The molecule has 186 valence electrons. The Bertz CT molecular complexity index is 924. The highest BCUT2D eigenvalue weighted by Gasteiger charge is 2.32. The minimum absolute atomic E-state index is 0.391. The minimum Gasteiger partial charge on any atom is -0.369 e. The van der Waals surface area contributed by atoms with E-state index < -0.39 is 0 Å². The number of nitrogen functional groups attached to an aromatic ring is 1. The van der Waals surface area contributed by atoms with Gasteiger partial charge in [0.1, 0.15) is 0 Å². The van der Waals surface area contributed by atoms with E-state index >= 15 is 0 Å². The molecule has 1 aliphatic carbocycles. The predicted molar refractivity (Wildman–Crippen MR) is 133 cm³/mol. The SMILES string of the molecule is CCCCCCc1cn(C[C@@H]2Cc3nc(N)[nH]c3C[C@H]2Cn2cc(CCCCCC)nn2)nn1. The number of nitrogens with zero attached hydrogens (tertiary/aromatic N) is 7. The van der Waals surface area contributed by atoms with Gasteiger partial charge in [0.05, 0.1) is 17.1 Å². The normalized spacial score (nSPS) is 17.8. The number of fused-ring (bicyclic) bond motifs is 1. The molecular formula is C25H41N9. The maximum absolute atomic E-state index is 5.98. The van der Waals surface area contributed by atoms with Gasteiger partial charge < -0.3 is 10.7 Å². The molecule has 0 bridgehead atoms. The first-order chi connectivity index (χ1) is 16.6. The lowest BCUT2D eigenvalue weighted by atomic mass is 9.79. The van der Waals surface area contributed by atoms with Crippen molar-refractivity contribution in [2.24, 2.45) is 11.8 Å². The van der Waals surface area contributed by atoms with Gasteiger partial charge in [0.15, 0.2) is 5.95 Å². The van der Waals surface area contributed by atoms with Gasteiger partial charge in [-0.25, -0.2) is 4.98 Å². The fraction of sp³-hybridized carbons (Fsp3) is 0.720. The fourth-order valence-electron chi connectivity index (χ4n) is 5.11. The van der Waals surface area contributed by atoms with Crippen LogP contribution in [0.3, 0.4) is 0 Å². The Kier molecular flexibility index (Phi) is 8.71. The summed E-state index contributed by atoms with van der Waals surface area (Å²) in [5.41, 5.74) is 10.4. The van der Waals surface area contributed by atoms with Crippen LogP contribution in [0.2, 0.25) is 0 Å². The molecule has 0 radical (unpaired) electrons. The third kappa shape index (κ3) is 6.67. The molecule has 4 rings (SSSR count). The molecule has 2 atom stereocenters. The van der Waals surface area contributed by atoms with E-state index in [1.54, 1.807) is 0 Å². The second kappa shape index (κ2) is 12.1. The van der Waals surface area contributed by atoms with Crippen molar-refractivity contribution < 1.29 is 0 Å². The first-order valence-electron chi connectivity index (χ1n) is 13.3. The Morgan fingerprint density at radius 2 is 1.38 bits per heavy atom. The monoisotopic (exact) mass is 467 g/mol. The number of aromatic amines is 1. The zero-order valence-corrected chi connectivity index (χ0v) is 20.9. The quantitative estimate of drug-likeness (QED) is 0.344. The van der Waals surface area contributed by atoms with Gasteiger partial charge in [0, 0.05) is 31.2 Å². The molecule has 3 heterocycles. The summed E-state index contributed by atoms with van der Waals surface area (Å²) in [6.07, 6.45) is 18.0. The van der Waals surface area contributed by atoms with Gasteiger partial charge in [-0.2, -0.15) is 0 Å². The van der Waals surface area contributed by atoms with E-state index in [4.69, 9.17) is 5.73 Å². The van der Waals surface area contributed by atoms with Crippen LogP contribution in [0.4, 0.5) is 5.95 Å². The summed E-state index contributed by atoms with van der Waals surface area (Å²) in [6.45, 7) is 6.15. The number of imidazole rings is 1. The Morgan fingerprint density at radius 3 is 1.94 bits per heavy atom. The van der Waals surface area contributed by atoms with Crippen LogP contribution in [0, 0.1) is 11.8 Å². The van der Waals surface area contributed by atoms with Crippen LogP contribution in [0.25, 0.3) is 0 Å². The van der Waals surface area contributed by atoms with Gasteiger partial charge in [-0.05, 0) is 50.4 Å². The Hall–Kier alpha value is -2.71. The summed E-state index contributed by atoms with van der Waals surface area (Å²) in [4.78, 5) is 7.81. The molecule has 9 heteroatoms. The van der Waals surface area contributed by atoms with E-state index in [-0.39, 0.29) is 0 Å². The maximum Gasteiger partial charge on any atom is 0.197 e. The number of nitrogens with one attached hydrogen (secondary N) is 1. The van der Waals surface area contributed by atoms with Crippen LogP contribution >= 0.6 is 0 Å². The van der Waals surface area contributed by atoms with Gasteiger partial charge in [-0.15, -0.1) is 10.2 Å². The second-order valence-corrected chi connectivity index (χ2v) is 9.96. The van der Waals surface area contributed by atoms with Gasteiger partial charge in [0.2, 0.25) is 0 Å². The standard InChI is InChI=1S/C25H41N9/c1-3-5-7-9-11-21-17-33(31-29-21)15-19-13-23-24(28-25(26)27-23)14-20(19)16-34-18-22(30-32-34)12-10-8-6-4-2/h17-20H,3-16H2,1-2H3,(H3,26,27,28)/t19-,20-/m0/s1. The number of aromatic nitrogens is 8. The second-order valence-electron chi connectivity index (χ2n) is 9.96. The number of H-pyrrole nitrogens is 1. The number of anilines is 1. The van der Waals surface area contributed by atoms with Gasteiger partial charge in [-0.3, -0.25) is 9.36 Å². The van der Waals surface area contributed by atoms with E-state index in [0.717, 1.165) is 61.5 Å². The minimum atomic E-state index is 0.391. The zero-order chi connectivity index (χ0) is 23.8.